The third-order valence-electron chi connectivity index (χ3n) is 3.57. The van der Waals surface area contributed by atoms with Gasteiger partial charge >= 0.3 is 0 Å². The summed E-state index contributed by atoms with van der Waals surface area (Å²) in [4.78, 5) is 4.51. The van der Waals surface area contributed by atoms with Crippen molar-refractivity contribution in [1.29, 1.82) is 0 Å². The number of aliphatic imine (C=N–C) groups is 1. The monoisotopic (exact) mass is 296 g/mol. The van der Waals surface area contributed by atoms with Gasteiger partial charge in [-0.15, -0.1) is 0 Å². The summed E-state index contributed by atoms with van der Waals surface area (Å²) in [6.45, 7) is 2.36. The first-order chi connectivity index (χ1) is 10.9. The summed E-state index contributed by atoms with van der Waals surface area (Å²) in [7, 11) is 1.66. The van der Waals surface area contributed by atoms with E-state index in [1.54, 1.807) is 7.11 Å². The molecule has 0 radical (unpaired) electrons. The Morgan fingerprint density at radius 3 is 2.68 bits per heavy atom. The van der Waals surface area contributed by atoms with E-state index in [4.69, 9.17) is 9.47 Å². The summed E-state index contributed by atoms with van der Waals surface area (Å²) >= 11 is 0. The number of nitrogens with zero attached hydrogens (tertiary/aromatic N) is 1. The van der Waals surface area contributed by atoms with Crippen LogP contribution in [0, 0.1) is 0 Å². The fourth-order valence-electron chi connectivity index (χ4n) is 2.40. The fourth-order valence-corrected chi connectivity index (χ4v) is 2.40. The molecule has 1 N–H and O–H groups in total. The fraction of sp³-hybridized carbons (Fsp3) is 0.278. The quantitative estimate of drug-likeness (QED) is 0.922. The minimum Gasteiger partial charge on any atom is -0.493 e. The van der Waals surface area contributed by atoms with Crippen LogP contribution in [0.1, 0.15) is 17.5 Å². The maximum absolute atomic E-state index is 5.87. The molecule has 4 nitrogen and oxygen atoms in total. The third kappa shape index (κ3) is 3.39. The van der Waals surface area contributed by atoms with Gasteiger partial charge in [0.2, 0.25) is 0 Å². The van der Waals surface area contributed by atoms with E-state index in [9.17, 15) is 0 Å². The molecule has 2 aromatic carbocycles. The second-order valence-corrected chi connectivity index (χ2v) is 5.15. The Bertz CT molecular complexity index is 653. The summed E-state index contributed by atoms with van der Waals surface area (Å²) in [5.41, 5.74) is 2.16. The number of amidine groups is 1. The molecule has 1 aliphatic heterocycles. The van der Waals surface area contributed by atoms with Crippen molar-refractivity contribution >= 4 is 5.84 Å². The molecule has 2 aromatic rings. The van der Waals surface area contributed by atoms with Gasteiger partial charge in [0, 0.05) is 18.7 Å². The molecular formula is C18H20N2O2. The summed E-state index contributed by atoms with van der Waals surface area (Å²) in [6, 6.07) is 16.0. The average molecular weight is 296 g/mol. The van der Waals surface area contributed by atoms with Crippen LogP contribution in [0.3, 0.4) is 0 Å². The number of methoxy groups -OCH3 is 1. The van der Waals surface area contributed by atoms with E-state index in [2.05, 4.69) is 10.3 Å². The normalized spacial score (nSPS) is 14.0. The van der Waals surface area contributed by atoms with Crippen molar-refractivity contribution in [3.05, 3.63) is 59.7 Å². The maximum atomic E-state index is 5.87. The SMILES string of the molecule is COc1cc(C2=NCCCN2)ccc1OCc1ccccc1. The van der Waals surface area contributed by atoms with Crippen molar-refractivity contribution in [3.63, 3.8) is 0 Å². The van der Waals surface area contributed by atoms with Crippen molar-refractivity contribution in [2.24, 2.45) is 4.99 Å². The highest BCUT2D eigenvalue weighted by Crippen LogP contribution is 2.29. The lowest BCUT2D eigenvalue weighted by Crippen LogP contribution is -2.30. The minimum absolute atomic E-state index is 0.524. The van der Waals surface area contributed by atoms with E-state index >= 15 is 0 Å². The molecule has 0 saturated carbocycles. The number of benzene rings is 2. The first kappa shape index (κ1) is 14.4. The van der Waals surface area contributed by atoms with Crippen molar-refractivity contribution in [1.82, 2.24) is 5.32 Å². The van der Waals surface area contributed by atoms with Gasteiger partial charge in [-0.1, -0.05) is 30.3 Å². The van der Waals surface area contributed by atoms with Crippen LogP contribution >= 0.6 is 0 Å². The minimum atomic E-state index is 0.524. The van der Waals surface area contributed by atoms with Crippen molar-refractivity contribution in [2.75, 3.05) is 20.2 Å². The molecule has 0 aromatic heterocycles. The van der Waals surface area contributed by atoms with E-state index < -0.39 is 0 Å². The Balaban J connectivity index is 1.75. The Kier molecular flexibility index (Phi) is 4.59. The highest BCUT2D eigenvalue weighted by atomic mass is 16.5. The van der Waals surface area contributed by atoms with Gasteiger partial charge in [-0.25, -0.2) is 0 Å². The lowest BCUT2D eigenvalue weighted by atomic mass is 10.1. The summed E-state index contributed by atoms with van der Waals surface area (Å²) in [5.74, 6) is 2.40. The number of nitrogens with one attached hydrogen (secondary N) is 1. The van der Waals surface area contributed by atoms with Gasteiger partial charge in [0.05, 0.1) is 7.11 Å². The number of hydrogen-bond donors (Lipinski definition) is 1. The van der Waals surface area contributed by atoms with Gasteiger partial charge in [0.1, 0.15) is 12.4 Å². The molecule has 0 atom stereocenters. The molecule has 114 valence electrons. The predicted octanol–water partition coefficient (Wildman–Crippen LogP) is 3.01. The molecule has 1 heterocycles. The molecule has 0 spiro atoms. The molecule has 0 bridgehead atoms. The van der Waals surface area contributed by atoms with Crippen LogP contribution in [0.2, 0.25) is 0 Å². The summed E-state index contributed by atoms with van der Waals surface area (Å²) < 4.78 is 11.3. The lowest BCUT2D eigenvalue weighted by molar-refractivity contribution is 0.284. The molecule has 0 unspecified atom stereocenters. The van der Waals surface area contributed by atoms with Crippen LogP contribution in [-0.4, -0.2) is 26.0 Å². The zero-order valence-electron chi connectivity index (χ0n) is 12.7. The Labute approximate surface area is 130 Å². The van der Waals surface area contributed by atoms with Gasteiger partial charge in [0.25, 0.3) is 0 Å². The smallest absolute Gasteiger partial charge is 0.161 e. The predicted molar refractivity (Wildman–Crippen MR) is 87.8 cm³/mol. The van der Waals surface area contributed by atoms with Crippen LogP contribution in [0.5, 0.6) is 11.5 Å². The molecule has 1 aliphatic rings. The molecule has 0 fully saturated rings. The molecule has 0 aliphatic carbocycles. The Hall–Kier alpha value is -2.49. The van der Waals surface area contributed by atoms with Crippen molar-refractivity contribution in [3.8, 4) is 11.5 Å². The zero-order chi connectivity index (χ0) is 15.2. The van der Waals surface area contributed by atoms with Gasteiger partial charge in [0.15, 0.2) is 11.5 Å². The van der Waals surface area contributed by atoms with E-state index in [-0.39, 0.29) is 0 Å². The van der Waals surface area contributed by atoms with Gasteiger partial charge in [-0.2, -0.15) is 0 Å². The highest BCUT2D eigenvalue weighted by molar-refractivity contribution is 5.99. The second-order valence-electron chi connectivity index (χ2n) is 5.15. The largest absolute Gasteiger partial charge is 0.493 e. The molecule has 3 rings (SSSR count). The standard InChI is InChI=1S/C18H20N2O2/c1-21-17-12-15(18-19-10-5-11-20-18)8-9-16(17)22-13-14-6-3-2-4-7-14/h2-4,6-9,12H,5,10-11,13H2,1H3,(H,19,20). The molecule has 22 heavy (non-hydrogen) atoms. The van der Waals surface area contributed by atoms with Crippen LogP contribution in [0.25, 0.3) is 0 Å². The van der Waals surface area contributed by atoms with E-state index in [0.717, 1.165) is 48.0 Å². The van der Waals surface area contributed by atoms with E-state index in [0.29, 0.717) is 6.61 Å². The third-order valence-corrected chi connectivity index (χ3v) is 3.57. The molecular weight excluding hydrogens is 276 g/mol. The average Bonchev–Trinajstić information content (AvgIpc) is 2.61. The molecule has 0 amide bonds. The van der Waals surface area contributed by atoms with Gasteiger partial charge < -0.3 is 14.8 Å². The first-order valence-corrected chi connectivity index (χ1v) is 7.50. The van der Waals surface area contributed by atoms with Crippen LogP contribution < -0.4 is 14.8 Å². The van der Waals surface area contributed by atoms with Crippen molar-refractivity contribution < 1.29 is 9.47 Å². The van der Waals surface area contributed by atoms with Crippen LogP contribution in [0.4, 0.5) is 0 Å². The topological polar surface area (TPSA) is 42.8 Å². The highest BCUT2D eigenvalue weighted by Gasteiger charge is 2.11. The lowest BCUT2D eigenvalue weighted by Gasteiger charge is -2.17. The maximum Gasteiger partial charge on any atom is 0.161 e. The number of hydrogen-bond acceptors (Lipinski definition) is 4. The molecule has 0 saturated heterocycles. The number of ether oxygens (including phenoxy) is 2. The first-order valence-electron chi connectivity index (χ1n) is 7.50. The summed E-state index contributed by atoms with van der Waals surface area (Å²) in [5, 5.41) is 3.32. The van der Waals surface area contributed by atoms with E-state index in [1.807, 2.05) is 48.5 Å². The van der Waals surface area contributed by atoms with Crippen molar-refractivity contribution in [2.45, 2.75) is 13.0 Å². The van der Waals surface area contributed by atoms with Gasteiger partial charge in [-0.3, -0.25) is 4.99 Å². The zero-order valence-corrected chi connectivity index (χ0v) is 12.7. The van der Waals surface area contributed by atoms with Crippen LogP contribution in [-0.2, 0) is 6.61 Å². The Morgan fingerprint density at radius 2 is 1.95 bits per heavy atom. The number of rotatable bonds is 5. The molecule has 4 heteroatoms. The second kappa shape index (κ2) is 6.98. The van der Waals surface area contributed by atoms with E-state index in [1.165, 1.54) is 0 Å². The van der Waals surface area contributed by atoms with Crippen LogP contribution in [0.15, 0.2) is 53.5 Å². The van der Waals surface area contributed by atoms with Gasteiger partial charge in [-0.05, 0) is 30.2 Å². The Morgan fingerprint density at radius 1 is 1.09 bits per heavy atom. The summed E-state index contributed by atoms with van der Waals surface area (Å²) in [6.07, 6.45) is 1.08.